The maximum absolute atomic E-state index is 12.4. The summed E-state index contributed by atoms with van der Waals surface area (Å²) in [7, 11) is 1.23. The molecule has 0 aromatic carbocycles. The van der Waals surface area contributed by atoms with Gasteiger partial charge in [-0.1, -0.05) is 0 Å². The molecule has 72 valence electrons. The Labute approximate surface area is 68.9 Å². The van der Waals surface area contributed by atoms with Crippen LogP contribution in [-0.4, -0.2) is 25.4 Å². The monoisotopic (exact) mass is 183 g/mol. The lowest BCUT2D eigenvalue weighted by molar-refractivity contribution is -0.204. The molecule has 0 bridgehead atoms. The van der Waals surface area contributed by atoms with Crippen LogP contribution in [0.15, 0.2) is 0 Å². The summed E-state index contributed by atoms with van der Waals surface area (Å²) in [4.78, 5) is 0. The molecule has 1 aliphatic carbocycles. The van der Waals surface area contributed by atoms with Gasteiger partial charge in [0.2, 0.25) is 0 Å². The quantitative estimate of drug-likeness (QED) is 0.715. The molecule has 0 heterocycles. The molecule has 5 heteroatoms. The van der Waals surface area contributed by atoms with Crippen molar-refractivity contribution in [1.29, 1.82) is 0 Å². The van der Waals surface area contributed by atoms with Gasteiger partial charge in [0, 0.05) is 7.11 Å². The molecule has 1 fully saturated rings. The molecule has 1 unspecified atom stereocenters. The first kappa shape index (κ1) is 9.80. The van der Waals surface area contributed by atoms with Gasteiger partial charge in [-0.2, -0.15) is 13.2 Å². The first-order chi connectivity index (χ1) is 5.42. The maximum Gasteiger partial charge on any atom is 0.408 e. The normalized spacial score (nSPS) is 23.8. The molecule has 0 amide bonds. The van der Waals surface area contributed by atoms with Crippen molar-refractivity contribution in [2.24, 2.45) is 11.7 Å². The summed E-state index contributed by atoms with van der Waals surface area (Å²) in [5, 5.41) is 0. The van der Waals surface area contributed by atoms with Gasteiger partial charge < -0.3 is 10.5 Å². The molecule has 1 aliphatic rings. The van der Waals surface area contributed by atoms with Crippen LogP contribution >= 0.6 is 0 Å². The highest BCUT2D eigenvalue weighted by Gasteiger charge is 2.60. The van der Waals surface area contributed by atoms with Gasteiger partial charge in [-0.05, 0) is 18.8 Å². The van der Waals surface area contributed by atoms with Gasteiger partial charge in [-0.25, -0.2) is 0 Å². The highest BCUT2D eigenvalue weighted by Crippen LogP contribution is 2.46. The fraction of sp³-hybridized carbons (Fsp3) is 1.00. The van der Waals surface area contributed by atoms with Gasteiger partial charge in [-0.15, -0.1) is 0 Å². The standard InChI is InChI=1S/C7H12F3NO/c1-12-4-6(11,5-2-3-5)7(8,9)10/h5H,2-4,11H2,1H3. The molecule has 0 aromatic heterocycles. The molecule has 1 saturated carbocycles. The van der Waals surface area contributed by atoms with E-state index in [-0.39, 0.29) is 0 Å². The number of halogens is 3. The smallest absolute Gasteiger partial charge is 0.382 e. The van der Waals surface area contributed by atoms with Crippen molar-refractivity contribution in [3.8, 4) is 0 Å². The van der Waals surface area contributed by atoms with Crippen LogP contribution < -0.4 is 5.73 Å². The van der Waals surface area contributed by atoms with Crippen molar-refractivity contribution in [2.45, 2.75) is 24.6 Å². The molecule has 0 aliphatic heterocycles. The Bertz CT molecular complexity index is 167. The molecule has 12 heavy (non-hydrogen) atoms. The Morgan fingerprint density at radius 2 is 1.92 bits per heavy atom. The second-order valence-corrected chi connectivity index (χ2v) is 3.25. The first-order valence-electron chi connectivity index (χ1n) is 3.76. The van der Waals surface area contributed by atoms with E-state index in [4.69, 9.17) is 5.73 Å². The van der Waals surface area contributed by atoms with Crippen LogP contribution in [0.3, 0.4) is 0 Å². The molecular formula is C7H12F3NO. The molecule has 1 rings (SSSR count). The lowest BCUT2D eigenvalue weighted by atomic mass is 9.95. The number of methoxy groups -OCH3 is 1. The van der Waals surface area contributed by atoms with Crippen LogP contribution in [0.5, 0.6) is 0 Å². The van der Waals surface area contributed by atoms with Crippen LogP contribution in [0.4, 0.5) is 13.2 Å². The number of nitrogens with two attached hydrogens (primary N) is 1. The topological polar surface area (TPSA) is 35.2 Å². The van der Waals surface area contributed by atoms with Crippen molar-refractivity contribution in [3.05, 3.63) is 0 Å². The third kappa shape index (κ3) is 1.56. The van der Waals surface area contributed by atoms with Gasteiger partial charge in [0.25, 0.3) is 0 Å². The lowest BCUT2D eigenvalue weighted by Crippen LogP contribution is -2.58. The van der Waals surface area contributed by atoms with Crippen LogP contribution in [0.25, 0.3) is 0 Å². The predicted octanol–water partition coefficient (Wildman–Crippen LogP) is 1.30. The Balaban J connectivity index is 2.70. The third-order valence-corrected chi connectivity index (χ3v) is 2.22. The maximum atomic E-state index is 12.4. The number of ether oxygens (including phenoxy) is 1. The van der Waals surface area contributed by atoms with Crippen molar-refractivity contribution in [1.82, 2.24) is 0 Å². The third-order valence-electron chi connectivity index (χ3n) is 2.22. The molecule has 1 atom stereocenters. The van der Waals surface area contributed by atoms with Crippen LogP contribution in [0.2, 0.25) is 0 Å². The van der Waals surface area contributed by atoms with E-state index in [0.717, 1.165) is 0 Å². The zero-order valence-electron chi connectivity index (χ0n) is 6.82. The van der Waals surface area contributed by atoms with E-state index in [1.165, 1.54) is 7.11 Å². The average molecular weight is 183 g/mol. The molecule has 0 saturated heterocycles. The van der Waals surface area contributed by atoms with Crippen molar-refractivity contribution >= 4 is 0 Å². The SMILES string of the molecule is COCC(N)(C1CC1)C(F)(F)F. The van der Waals surface area contributed by atoms with E-state index in [2.05, 4.69) is 4.74 Å². The van der Waals surface area contributed by atoms with E-state index in [0.29, 0.717) is 12.8 Å². The van der Waals surface area contributed by atoms with E-state index in [1.54, 1.807) is 0 Å². The number of hydrogen-bond donors (Lipinski definition) is 1. The summed E-state index contributed by atoms with van der Waals surface area (Å²) in [5.41, 5.74) is 3.12. The number of hydrogen-bond acceptors (Lipinski definition) is 2. The Morgan fingerprint density at radius 1 is 1.42 bits per heavy atom. The largest absolute Gasteiger partial charge is 0.408 e. The molecule has 0 radical (unpaired) electrons. The zero-order valence-corrected chi connectivity index (χ0v) is 6.82. The fourth-order valence-electron chi connectivity index (χ4n) is 1.27. The van der Waals surface area contributed by atoms with Gasteiger partial charge >= 0.3 is 6.18 Å². The highest BCUT2D eigenvalue weighted by molar-refractivity contribution is 5.03. The molecular weight excluding hydrogens is 171 g/mol. The average Bonchev–Trinajstić information content (AvgIpc) is 2.65. The van der Waals surface area contributed by atoms with Crippen molar-refractivity contribution in [3.63, 3.8) is 0 Å². The van der Waals surface area contributed by atoms with Gasteiger partial charge in [0.05, 0.1) is 6.61 Å². The van der Waals surface area contributed by atoms with Crippen LogP contribution in [0, 0.1) is 5.92 Å². The van der Waals surface area contributed by atoms with E-state index in [9.17, 15) is 13.2 Å². The van der Waals surface area contributed by atoms with E-state index < -0.39 is 24.2 Å². The van der Waals surface area contributed by atoms with Crippen LogP contribution in [-0.2, 0) is 4.74 Å². The summed E-state index contributed by atoms with van der Waals surface area (Å²) in [6, 6.07) is 0. The molecule has 2 N–H and O–H groups in total. The lowest BCUT2D eigenvalue weighted by Gasteiger charge is -2.30. The first-order valence-corrected chi connectivity index (χ1v) is 3.76. The van der Waals surface area contributed by atoms with Crippen molar-refractivity contribution in [2.75, 3.05) is 13.7 Å². The fourth-order valence-corrected chi connectivity index (χ4v) is 1.27. The van der Waals surface area contributed by atoms with Gasteiger partial charge in [-0.3, -0.25) is 0 Å². The van der Waals surface area contributed by atoms with E-state index in [1.807, 2.05) is 0 Å². The Hall–Kier alpha value is -0.290. The van der Waals surface area contributed by atoms with Crippen LogP contribution in [0.1, 0.15) is 12.8 Å². The van der Waals surface area contributed by atoms with Crippen molar-refractivity contribution < 1.29 is 17.9 Å². The molecule has 0 aromatic rings. The minimum Gasteiger partial charge on any atom is -0.382 e. The number of rotatable bonds is 3. The summed E-state index contributed by atoms with van der Waals surface area (Å²) < 4.78 is 41.6. The number of alkyl halides is 3. The Morgan fingerprint density at radius 3 is 2.17 bits per heavy atom. The van der Waals surface area contributed by atoms with Gasteiger partial charge in [0.1, 0.15) is 5.54 Å². The summed E-state index contributed by atoms with van der Waals surface area (Å²) >= 11 is 0. The zero-order chi connectivity index (χ0) is 9.41. The second kappa shape index (κ2) is 2.88. The second-order valence-electron chi connectivity index (χ2n) is 3.25. The molecule has 0 spiro atoms. The summed E-state index contributed by atoms with van der Waals surface area (Å²) in [6.07, 6.45) is -3.25. The summed E-state index contributed by atoms with van der Waals surface area (Å²) in [6.45, 7) is -0.443. The van der Waals surface area contributed by atoms with Gasteiger partial charge in [0.15, 0.2) is 0 Å². The minimum absolute atomic E-state index is 0.443. The predicted molar refractivity (Wildman–Crippen MR) is 37.6 cm³/mol. The molecule has 2 nitrogen and oxygen atoms in total. The minimum atomic E-state index is -4.36. The Kier molecular flexibility index (Phi) is 2.35. The van der Waals surface area contributed by atoms with E-state index >= 15 is 0 Å². The summed E-state index contributed by atoms with van der Waals surface area (Å²) in [5.74, 6) is -0.447. The highest BCUT2D eigenvalue weighted by atomic mass is 19.4.